The molecule has 3 nitrogen and oxygen atoms in total. The third-order valence-corrected chi connectivity index (χ3v) is 2.92. The highest BCUT2D eigenvalue weighted by Gasteiger charge is 2.06. The van der Waals surface area contributed by atoms with Gasteiger partial charge < -0.3 is 10.1 Å². The summed E-state index contributed by atoms with van der Waals surface area (Å²) in [6.07, 6.45) is 0.872. The predicted octanol–water partition coefficient (Wildman–Crippen LogP) is 2.54. The fraction of sp³-hybridized carbons (Fsp3) is 0.533. The van der Waals surface area contributed by atoms with E-state index in [1.165, 1.54) is 11.1 Å². The first-order valence-electron chi connectivity index (χ1n) is 6.41. The van der Waals surface area contributed by atoms with Crippen LogP contribution in [0.15, 0.2) is 18.2 Å². The molecule has 1 N–H and O–H groups in total. The molecule has 1 aromatic rings. The summed E-state index contributed by atoms with van der Waals surface area (Å²) in [5.41, 5.74) is 2.51. The maximum atomic E-state index is 10.8. The van der Waals surface area contributed by atoms with Gasteiger partial charge in [0.05, 0.1) is 13.7 Å². The molecule has 0 saturated carbocycles. The molecule has 1 rings (SSSR count). The third-order valence-electron chi connectivity index (χ3n) is 2.92. The highest BCUT2D eigenvalue weighted by molar-refractivity contribution is 5.77. The molecule has 0 spiro atoms. The van der Waals surface area contributed by atoms with Crippen LogP contribution < -0.4 is 10.1 Å². The minimum atomic E-state index is 0.165. The van der Waals surface area contributed by atoms with Gasteiger partial charge in [-0.3, -0.25) is 4.79 Å². The van der Waals surface area contributed by atoms with Crippen molar-refractivity contribution in [2.45, 2.75) is 33.1 Å². The van der Waals surface area contributed by atoms with Crippen LogP contribution in [-0.4, -0.2) is 26.0 Å². The Hall–Kier alpha value is -1.35. The van der Waals surface area contributed by atoms with E-state index in [2.05, 4.69) is 31.3 Å². The van der Waals surface area contributed by atoms with Crippen LogP contribution in [0.1, 0.15) is 37.8 Å². The number of Topliss-reactive ketones (excluding diaryl/α,β-unsaturated/α-hetero) is 1. The van der Waals surface area contributed by atoms with Gasteiger partial charge in [0.15, 0.2) is 0 Å². The second kappa shape index (κ2) is 7.17. The molecule has 0 unspecified atom stereocenters. The van der Waals surface area contributed by atoms with Gasteiger partial charge in [-0.2, -0.15) is 0 Å². The van der Waals surface area contributed by atoms with Crippen molar-refractivity contribution < 1.29 is 9.53 Å². The molecule has 0 bridgehead atoms. The molecule has 0 aliphatic rings. The number of hydrogen-bond acceptors (Lipinski definition) is 3. The third kappa shape index (κ3) is 4.49. The molecule has 0 heterocycles. The highest BCUT2D eigenvalue weighted by atomic mass is 16.5. The summed E-state index contributed by atoms with van der Waals surface area (Å²) in [5.74, 6) is 1.60. The van der Waals surface area contributed by atoms with E-state index in [1.807, 2.05) is 6.07 Å². The molecular weight excluding hydrogens is 226 g/mol. The fourth-order valence-corrected chi connectivity index (χ4v) is 1.84. The van der Waals surface area contributed by atoms with Crippen LogP contribution in [-0.2, 0) is 11.2 Å². The number of rotatable bonds is 7. The van der Waals surface area contributed by atoms with Gasteiger partial charge in [-0.25, -0.2) is 0 Å². The second-order valence-electron chi connectivity index (χ2n) is 4.85. The zero-order valence-corrected chi connectivity index (χ0v) is 11.7. The number of methoxy groups -OCH3 is 1. The SMILES string of the molecule is COc1ccc(C(C)C)cc1CCNCC(C)=O. The van der Waals surface area contributed by atoms with Crippen LogP contribution in [0.3, 0.4) is 0 Å². The number of benzene rings is 1. The van der Waals surface area contributed by atoms with Crippen LogP contribution in [0.5, 0.6) is 5.75 Å². The van der Waals surface area contributed by atoms with Crippen LogP contribution in [0.25, 0.3) is 0 Å². The lowest BCUT2D eigenvalue weighted by Gasteiger charge is -2.13. The van der Waals surface area contributed by atoms with Gasteiger partial charge in [0.2, 0.25) is 0 Å². The first-order chi connectivity index (χ1) is 8.54. The van der Waals surface area contributed by atoms with Crippen molar-refractivity contribution in [2.75, 3.05) is 20.2 Å². The fourth-order valence-electron chi connectivity index (χ4n) is 1.84. The number of carbonyl (C=O) groups excluding carboxylic acids is 1. The molecule has 0 aliphatic carbocycles. The van der Waals surface area contributed by atoms with Crippen molar-refractivity contribution in [1.82, 2.24) is 5.32 Å². The normalized spacial score (nSPS) is 10.7. The standard InChI is InChI=1S/C15H23NO2/c1-11(2)13-5-6-15(18-4)14(9-13)7-8-16-10-12(3)17/h5-6,9,11,16H,7-8,10H2,1-4H3. The van der Waals surface area contributed by atoms with E-state index in [0.29, 0.717) is 12.5 Å². The van der Waals surface area contributed by atoms with Gasteiger partial charge in [-0.05, 0) is 43.0 Å². The lowest BCUT2D eigenvalue weighted by atomic mass is 9.99. The molecule has 0 saturated heterocycles. The van der Waals surface area contributed by atoms with E-state index < -0.39 is 0 Å². The summed E-state index contributed by atoms with van der Waals surface area (Å²) in [4.78, 5) is 10.8. The quantitative estimate of drug-likeness (QED) is 0.755. The topological polar surface area (TPSA) is 38.3 Å². The molecule has 0 fully saturated rings. The van der Waals surface area contributed by atoms with Crippen molar-refractivity contribution in [3.63, 3.8) is 0 Å². The van der Waals surface area contributed by atoms with E-state index in [0.717, 1.165) is 18.7 Å². The Kier molecular flexibility index (Phi) is 5.86. The van der Waals surface area contributed by atoms with Gasteiger partial charge in [0.1, 0.15) is 11.5 Å². The average Bonchev–Trinajstić information content (AvgIpc) is 2.34. The zero-order valence-electron chi connectivity index (χ0n) is 11.7. The maximum Gasteiger partial charge on any atom is 0.143 e. The summed E-state index contributed by atoms with van der Waals surface area (Å²) in [5, 5.41) is 3.13. The molecular formula is C15H23NO2. The van der Waals surface area contributed by atoms with Crippen LogP contribution in [0, 0.1) is 0 Å². The van der Waals surface area contributed by atoms with Crippen molar-refractivity contribution in [3.8, 4) is 5.75 Å². The first kappa shape index (κ1) is 14.7. The monoisotopic (exact) mass is 249 g/mol. The Balaban J connectivity index is 2.66. The number of ether oxygens (including phenoxy) is 1. The molecule has 0 aromatic heterocycles. The minimum absolute atomic E-state index is 0.165. The van der Waals surface area contributed by atoms with E-state index in [4.69, 9.17) is 4.74 Å². The van der Waals surface area contributed by atoms with Crippen molar-refractivity contribution >= 4 is 5.78 Å². The van der Waals surface area contributed by atoms with Gasteiger partial charge in [-0.1, -0.05) is 26.0 Å². The lowest BCUT2D eigenvalue weighted by Crippen LogP contribution is -2.23. The Morgan fingerprint density at radius 2 is 2.11 bits per heavy atom. The lowest BCUT2D eigenvalue weighted by molar-refractivity contribution is -0.116. The Labute approximate surface area is 110 Å². The van der Waals surface area contributed by atoms with Crippen LogP contribution in [0.2, 0.25) is 0 Å². The van der Waals surface area contributed by atoms with Gasteiger partial charge >= 0.3 is 0 Å². The van der Waals surface area contributed by atoms with E-state index in [-0.39, 0.29) is 5.78 Å². The van der Waals surface area contributed by atoms with Gasteiger partial charge in [0.25, 0.3) is 0 Å². The molecule has 18 heavy (non-hydrogen) atoms. The van der Waals surface area contributed by atoms with Gasteiger partial charge in [0, 0.05) is 0 Å². The van der Waals surface area contributed by atoms with Crippen LogP contribution >= 0.6 is 0 Å². The number of hydrogen-bond donors (Lipinski definition) is 1. The minimum Gasteiger partial charge on any atom is -0.496 e. The van der Waals surface area contributed by atoms with E-state index in [1.54, 1.807) is 14.0 Å². The van der Waals surface area contributed by atoms with E-state index in [9.17, 15) is 4.79 Å². The molecule has 100 valence electrons. The van der Waals surface area contributed by atoms with Crippen molar-refractivity contribution in [2.24, 2.45) is 0 Å². The summed E-state index contributed by atoms with van der Waals surface area (Å²) >= 11 is 0. The summed E-state index contributed by atoms with van der Waals surface area (Å²) in [7, 11) is 1.69. The number of nitrogens with one attached hydrogen (secondary N) is 1. The van der Waals surface area contributed by atoms with Crippen molar-refractivity contribution in [1.29, 1.82) is 0 Å². The van der Waals surface area contributed by atoms with E-state index >= 15 is 0 Å². The Morgan fingerprint density at radius 3 is 2.67 bits per heavy atom. The Bertz CT molecular complexity index is 399. The molecule has 1 aromatic carbocycles. The highest BCUT2D eigenvalue weighted by Crippen LogP contribution is 2.24. The number of carbonyl (C=O) groups is 1. The summed E-state index contributed by atoms with van der Waals surface area (Å²) in [6, 6.07) is 6.32. The second-order valence-corrected chi connectivity index (χ2v) is 4.85. The summed E-state index contributed by atoms with van der Waals surface area (Å²) in [6.45, 7) is 7.18. The van der Waals surface area contributed by atoms with Crippen LogP contribution in [0.4, 0.5) is 0 Å². The molecule has 0 amide bonds. The van der Waals surface area contributed by atoms with Crippen molar-refractivity contribution in [3.05, 3.63) is 29.3 Å². The molecule has 0 radical (unpaired) electrons. The average molecular weight is 249 g/mol. The molecule has 3 heteroatoms. The maximum absolute atomic E-state index is 10.8. The largest absolute Gasteiger partial charge is 0.496 e. The first-order valence-corrected chi connectivity index (χ1v) is 6.41. The van der Waals surface area contributed by atoms with Gasteiger partial charge in [-0.15, -0.1) is 0 Å². The Morgan fingerprint density at radius 1 is 1.39 bits per heavy atom. The molecule has 0 aliphatic heterocycles. The molecule has 0 atom stereocenters. The zero-order chi connectivity index (χ0) is 13.5. The smallest absolute Gasteiger partial charge is 0.143 e. The summed E-state index contributed by atoms with van der Waals surface area (Å²) < 4.78 is 5.36. The predicted molar refractivity (Wildman–Crippen MR) is 74.3 cm³/mol. The number of ketones is 1.